The number of pyridine rings is 1. The number of rotatable bonds is 6. The lowest BCUT2D eigenvalue weighted by Crippen LogP contribution is -2.88. The monoisotopic (exact) mass is 582 g/mol. The number of fused-ring (bicyclic) bond motifs is 1. The molecule has 4 aromatic rings. The van der Waals surface area contributed by atoms with Crippen molar-refractivity contribution in [1.29, 1.82) is 5.26 Å². The van der Waals surface area contributed by atoms with Crippen LogP contribution in [0.15, 0.2) is 57.9 Å². The van der Waals surface area contributed by atoms with Crippen molar-refractivity contribution in [3.63, 3.8) is 0 Å². The maximum Gasteiger partial charge on any atom is 0.272 e. The van der Waals surface area contributed by atoms with E-state index in [-0.39, 0.29) is 34.8 Å². The van der Waals surface area contributed by atoms with Gasteiger partial charge in [-0.15, -0.1) is 0 Å². The Morgan fingerprint density at radius 2 is 2.10 bits per heavy atom. The van der Waals surface area contributed by atoms with Crippen LogP contribution in [0.5, 0.6) is 0 Å². The molecule has 2 N–H and O–H groups in total. The number of nitriles is 1. The van der Waals surface area contributed by atoms with E-state index >= 15 is 0 Å². The van der Waals surface area contributed by atoms with Crippen LogP contribution in [0.3, 0.4) is 0 Å². The molecule has 1 spiro atoms. The van der Waals surface area contributed by atoms with E-state index in [0.29, 0.717) is 23.6 Å². The Morgan fingerprint density at radius 1 is 1.26 bits per heavy atom. The molecule has 2 aliphatic carbocycles. The van der Waals surface area contributed by atoms with Crippen LogP contribution in [0.2, 0.25) is 0 Å². The van der Waals surface area contributed by atoms with Gasteiger partial charge in [-0.05, 0) is 62.6 Å². The number of aliphatic hydroxyl groups is 1. The molecule has 0 bridgehead atoms. The normalized spacial score (nSPS) is 27.1. The lowest BCUT2D eigenvalue weighted by Gasteiger charge is -2.81. The predicted octanol–water partition coefficient (Wildman–Crippen LogP) is 5.19. The van der Waals surface area contributed by atoms with Crippen LogP contribution in [-0.2, 0) is 18.6 Å². The number of halogens is 1. The highest BCUT2D eigenvalue weighted by Gasteiger charge is 2.83. The number of anilines is 1. The van der Waals surface area contributed by atoms with Crippen LogP contribution in [0.25, 0.3) is 11.3 Å². The number of nitrogens with zero attached hydrogens (tertiary/aromatic N) is 5. The van der Waals surface area contributed by atoms with Crippen molar-refractivity contribution < 1.29 is 18.8 Å². The summed E-state index contributed by atoms with van der Waals surface area (Å²) < 4.78 is 24.0. The Balaban J connectivity index is 1.04. The number of piperidine rings is 2. The van der Waals surface area contributed by atoms with Crippen molar-refractivity contribution in [1.82, 2.24) is 19.0 Å². The Hall–Kier alpha value is -3.98. The first-order valence-electron chi connectivity index (χ1n) is 14.2. The molecule has 212 valence electrons. The van der Waals surface area contributed by atoms with Gasteiger partial charge in [0.15, 0.2) is 5.76 Å². The van der Waals surface area contributed by atoms with E-state index in [1.807, 2.05) is 49.4 Å². The first kappa shape index (κ1) is 25.7. The second-order valence-corrected chi connectivity index (χ2v) is 12.7. The van der Waals surface area contributed by atoms with Gasteiger partial charge in [0.25, 0.3) is 5.91 Å². The summed E-state index contributed by atoms with van der Waals surface area (Å²) in [5.41, 5.74) is 2.98. The summed E-state index contributed by atoms with van der Waals surface area (Å²) in [5, 5.41) is 28.1. The van der Waals surface area contributed by atoms with Gasteiger partial charge in [-0.2, -0.15) is 9.65 Å². The molecule has 8 rings (SSSR count). The predicted molar refractivity (Wildman–Crippen MR) is 152 cm³/mol. The highest BCUT2D eigenvalue weighted by Crippen LogP contribution is 2.77. The topological polar surface area (TPSA) is 120 Å². The number of carbonyl (C=O) groups excluding carboxylic acids is 1. The smallest absolute Gasteiger partial charge is 0.272 e. The Morgan fingerprint density at radius 3 is 2.83 bits per heavy atom. The second kappa shape index (κ2) is 9.01. The van der Waals surface area contributed by atoms with Crippen LogP contribution in [0.4, 0.5) is 10.1 Å². The molecule has 4 aliphatic rings. The summed E-state index contributed by atoms with van der Waals surface area (Å²) >= 11 is 1.70. The molecule has 3 fully saturated rings. The summed E-state index contributed by atoms with van der Waals surface area (Å²) in [6.45, 7) is 2.70. The summed E-state index contributed by atoms with van der Waals surface area (Å²) in [6.07, 6.45) is 4.33. The number of carbonyl (C=O) groups is 1. The van der Waals surface area contributed by atoms with E-state index in [9.17, 15) is 14.3 Å². The van der Waals surface area contributed by atoms with Crippen molar-refractivity contribution in [2.75, 3.05) is 5.32 Å². The molecular formula is C31H27FN6O3S. The van der Waals surface area contributed by atoms with Gasteiger partial charge in [-0.1, -0.05) is 35.5 Å². The third kappa shape index (κ3) is 3.34. The molecule has 4 atom stereocenters. The standard InChI is InChI=1S/C31H27FN6O3S/c1-17-27(29(39)35-19-12-20(16-33)34-26(32)13-19)37-11-5-8-21(37)28(17)42-38-24-9-10-30(24)25(38)15-31(30,40)23-14-22(41-36-23)18-6-3-2-4-7-18/h2-4,6-7,12-14,24-25,40H,5,8-11,15H2,1H3,(H,34,35,39). The minimum atomic E-state index is -1.01. The van der Waals surface area contributed by atoms with Gasteiger partial charge in [0.1, 0.15) is 28.8 Å². The molecule has 9 nitrogen and oxygen atoms in total. The minimum absolute atomic E-state index is 0.0946. The van der Waals surface area contributed by atoms with E-state index in [4.69, 9.17) is 9.78 Å². The molecule has 3 aromatic heterocycles. The van der Waals surface area contributed by atoms with E-state index in [2.05, 4.69) is 24.3 Å². The number of nitrogens with one attached hydrogen (secondary N) is 1. The van der Waals surface area contributed by atoms with Crippen molar-refractivity contribution in [2.45, 2.75) is 68.2 Å². The maximum atomic E-state index is 13.9. The third-order valence-electron chi connectivity index (χ3n) is 9.81. The number of hydrogen-bond acceptors (Lipinski definition) is 8. The van der Waals surface area contributed by atoms with E-state index in [1.54, 1.807) is 11.9 Å². The molecule has 5 heterocycles. The van der Waals surface area contributed by atoms with Gasteiger partial charge in [-0.3, -0.25) is 4.79 Å². The van der Waals surface area contributed by atoms with E-state index < -0.39 is 11.5 Å². The summed E-state index contributed by atoms with van der Waals surface area (Å²) in [7, 11) is 0. The zero-order valence-electron chi connectivity index (χ0n) is 22.8. The first-order valence-corrected chi connectivity index (χ1v) is 14.9. The van der Waals surface area contributed by atoms with Gasteiger partial charge in [0.2, 0.25) is 5.95 Å². The van der Waals surface area contributed by atoms with Crippen molar-refractivity contribution in [2.24, 2.45) is 5.41 Å². The van der Waals surface area contributed by atoms with Gasteiger partial charge in [0, 0.05) is 58.0 Å². The van der Waals surface area contributed by atoms with Crippen LogP contribution in [-0.4, -0.2) is 42.1 Å². The molecule has 4 unspecified atom stereocenters. The molecule has 42 heavy (non-hydrogen) atoms. The van der Waals surface area contributed by atoms with Crippen molar-refractivity contribution in [3.8, 4) is 17.4 Å². The molecule has 2 aliphatic heterocycles. The van der Waals surface area contributed by atoms with E-state index in [1.165, 1.54) is 6.07 Å². The van der Waals surface area contributed by atoms with Crippen LogP contribution in [0.1, 0.15) is 58.8 Å². The van der Waals surface area contributed by atoms with Gasteiger partial charge >= 0.3 is 0 Å². The Kier molecular flexibility index (Phi) is 5.51. The maximum absolute atomic E-state index is 13.9. The number of hydrogen-bond donors (Lipinski definition) is 2. The summed E-state index contributed by atoms with van der Waals surface area (Å²) in [6, 6.07) is 16.4. The molecule has 2 saturated carbocycles. The summed E-state index contributed by atoms with van der Waals surface area (Å²) in [4.78, 5) is 18.1. The molecule has 0 radical (unpaired) electrons. The fourth-order valence-electron chi connectivity index (χ4n) is 7.76. The molecule has 1 saturated heterocycles. The summed E-state index contributed by atoms with van der Waals surface area (Å²) in [5.74, 6) is -0.497. The minimum Gasteiger partial charge on any atom is -0.383 e. The number of aromatic nitrogens is 3. The average Bonchev–Trinajstić information content (AvgIpc) is 3.69. The molecule has 11 heteroatoms. The fourth-order valence-corrected chi connectivity index (χ4v) is 9.33. The zero-order chi connectivity index (χ0) is 28.8. The number of benzene rings is 1. The largest absolute Gasteiger partial charge is 0.383 e. The lowest BCUT2D eigenvalue weighted by atomic mass is 9.36. The Bertz CT molecular complexity index is 1810. The first-order chi connectivity index (χ1) is 20.3. The van der Waals surface area contributed by atoms with Gasteiger partial charge in [0.05, 0.1) is 0 Å². The molecule has 1 aromatic carbocycles. The second-order valence-electron chi connectivity index (χ2n) is 11.7. The molecule has 1 amide bonds. The number of amides is 1. The average molecular weight is 583 g/mol. The zero-order valence-corrected chi connectivity index (χ0v) is 23.6. The highest BCUT2D eigenvalue weighted by molar-refractivity contribution is 7.97. The highest BCUT2D eigenvalue weighted by atomic mass is 32.2. The molecular weight excluding hydrogens is 555 g/mol. The third-order valence-corrected chi connectivity index (χ3v) is 11.3. The SMILES string of the molecule is Cc1c(SN2C3CCC34C2CC4(O)c2cc(-c3ccccc3)on2)c2n(c1C(=O)Nc1cc(F)nc(C#N)c1)CCC2. The fraction of sp³-hybridized carbons (Fsp3) is 0.355. The van der Waals surface area contributed by atoms with Gasteiger partial charge < -0.3 is 19.5 Å². The van der Waals surface area contributed by atoms with Crippen LogP contribution >= 0.6 is 11.9 Å². The van der Waals surface area contributed by atoms with Crippen LogP contribution < -0.4 is 5.32 Å². The Labute approximate surface area is 245 Å². The van der Waals surface area contributed by atoms with Crippen molar-refractivity contribution >= 4 is 23.5 Å². The quantitative estimate of drug-likeness (QED) is 0.236. The lowest BCUT2D eigenvalue weighted by molar-refractivity contribution is -0.349. The van der Waals surface area contributed by atoms with Crippen molar-refractivity contribution in [3.05, 3.63) is 82.8 Å². The van der Waals surface area contributed by atoms with E-state index in [0.717, 1.165) is 60.0 Å². The van der Waals surface area contributed by atoms with Crippen LogP contribution in [0, 0.1) is 29.6 Å². The van der Waals surface area contributed by atoms with Gasteiger partial charge in [-0.25, -0.2) is 9.29 Å².